The Kier molecular flexibility index (Phi) is 9.68. The molecule has 0 aliphatic carbocycles. The number of para-hydroxylation sites is 1. The first-order valence-electron chi connectivity index (χ1n) is 19.0. The fourth-order valence-corrected chi connectivity index (χ4v) is 6.94. The molecule has 0 atom stereocenters. The maximum atomic E-state index is 12.3. The van der Waals surface area contributed by atoms with Crippen LogP contribution in [0, 0.1) is 0 Å². The van der Waals surface area contributed by atoms with E-state index in [2.05, 4.69) is 180 Å². The van der Waals surface area contributed by atoms with Gasteiger partial charge in [-0.25, -0.2) is 4.98 Å². The van der Waals surface area contributed by atoms with Crippen LogP contribution in [0.15, 0.2) is 110 Å². The molecule has 6 aromatic rings. The highest BCUT2D eigenvalue weighted by atomic mass is 16.3. The molecule has 0 unspecified atom stereocenters. The number of fused-ring (bicyclic) bond motifs is 1. The smallest absolute Gasteiger partial charge is 0.149 e. The summed E-state index contributed by atoms with van der Waals surface area (Å²) in [7, 11) is 0. The van der Waals surface area contributed by atoms with E-state index < -0.39 is 0 Å². The van der Waals surface area contributed by atoms with Crippen LogP contribution in [0.1, 0.15) is 111 Å². The Bertz CT molecular complexity index is 2380. The fourth-order valence-electron chi connectivity index (χ4n) is 6.94. The zero-order chi connectivity index (χ0) is 39.5. The van der Waals surface area contributed by atoms with Gasteiger partial charge < -0.3 is 5.11 Å². The summed E-state index contributed by atoms with van der Waals surface area (Å²) >= 11 is 0. The van der Waals surface area contributed by atoms with Gasteiger partial charge in [-0.3, -0.25) is 9.55 Å². The van der Waals surface area contributed by atoms with Gasteiger partial charge in [-0.1, -0.05) is 145 Å². The van der Waals surface area contributed by atoms with Gasteiger partial charge >= 0.3 is 0 Å². The third kappa shape index (κ3) is 7.44. The lowest BCUT2D eigenvalue weighted by Gasteiger charge is -2.28. The normalized spacial score (nSPS) is 12.7. The van der Waals surface area contributed by atoms with Crippen LogP contribution in [-0.4, -0.2) is 19.6 Å². The predicted octanol–water partition coefficient (Wildman–Crippen LogP) is 13.5. The number of hydrogen-bond acceptors (Lipinski definition) is 3. The molecule has 0 aliphatic rings. The second-order valence-electron chi connectivity index (χ2n) is 18.9. The number of imidazole rings is 1. The standard InChI is InChI=1S/C50H57N3O/c1-15-31(2)32-22-23-51-42(25-32)34-19-16-18-33(24-34)39-20-17-21-43-44(39)52-46(40-29-37(49(9,10)11)30-41(45(40)54)50(12,13)14)53(43)38-27-35(47(3,4)5)26-36(28-38)48(6,7)8/h15-30,54H,1-2H2,3-14H3. The number of rotatable bonds is 6. The van der Waals surface area contributed by atoms with Gasteiger partial charge in [0.1, 0.15) is 11.6 Å². The number of phenols is 1. The van der Waals surface area contributed by atoms with Crippen molar-refractivity contribution in [3.63, 3.8) is 0 Å². The highest BCUT2D eigenvalue weighted by Gasteiger charge is 2.30. The summed E-state index contributed by atoms with van der Waals surface area (Å²) in [5.41, 5.74) is 13.3. The summed E-state index contributed by atoms with van der Waals surface area (Å²) in [5, 5.41) is 12.3. The van der Waals surface area contributed by atoms with E-state index in [-0.39, 0.29) is 27.4 Å². The van der Waals surface area contributed by atoms with Crippen molar-refractivity contribution >= 4 is 16.6 Å². The van der Waals surface area contributed by atoms with Gasteiger partial charge in [0.25, 0.3) is 0 Å². The minimum atomic E-state index is -0.294. The number of hydrogen-bond donors (Lipinski definition) is 1. The number of aromatic nitrogens is 3. The van der Waals surface area contributed by atoms with Gasteiger partial charge in [0.2, 0.25) is 0 Å². The minimum Gasteiger partial charge on any atom is -0.507 e. The maximum Gasteiger partial charge on any atom is 0.149 e. The highest BCUT2D eigenvalue weighted by Crippen LogP contribution is 2.45. The molecule has 0 radical (unpaired) electrons. The first-order valence-corrected chi connectivity index (χ1v) is 19.0. The number of pyridine rings is 1. The Morgan fingerprint density at radius 2 is 1.24 bits per heavy atom. The van der Waals surface area contributed by atoms with Gasteiger partial charge in [-0.2, -0.15) is 0 Å². The Labute approximate surface area is 323 Å². The molecule has 4 heteroatoms. The van der Waals surface area contributed by atoms with Crippen LogP contribution in [0.3, 0.4) is 0 Å². The van der Waals surface area contributed by atoms with Crippen LogP contribution in [0.25, 0.3) is 56.1 Å². The van der Waals surface area contributed by atoms with E-state index in [9.17, 15) is 5.11 Å². The summed E-state index contributed by atoms with van der Waals surface area (Å²) in [6.07, 6.45) is 3.59. The van der Waals surface area contributed by atoms with Crippen molar-refractivity contribution in [1.29, 1.82) is 0 Å². The first-order chi connectivity index (χ1) is 25.1. The molecule has 0 aliphatic heterocycles. The van der Waals surface area contributed by atoms with Crippen LogP contribution >= 0.6 is 0 Å². The lowest BCUT2D eigenvalue weighted by Crippen LogP contribution is -2.18. The number of benzene rings is 4. The second-order valence-corrected chi connectivity index (χ2v) is 18.9. The Hall–Kier alpha value is -5.22. The topological polar surface area (TPSA) is 50.9 Å². The van der Waals surface area contributed by atoms with Crippen molar-refractivity contribution in [1.82, 2.24) is 14.5 Å². The molecular weight excluding hydrogens is 659 g/mol. The molecule has 0 spiro atoms. The molecule has 278 valence electrons. The molecule has 0 saturated heterocycles. The third-order valence-electron chi connectivity index (χ3n) is 10.5. The van der Waals surface area contributed by atoms with E-state index in [1.54, 1.807) is 6.08 Å². The van der Waals surface area contributed by atoms with E-state index in [0.717, 1.165) is 66.9 Å². The zero-order valence-electron chi connectivity index (χ0n) is 34.4. The van der Waals surface area contributed by atoms with Crippen molar-refractivity contribution in [3.8, 4) is 45.2 Å². The molecule has 1 N–H and O–H groups in total. The van der Waals surface area contributed by atoms with Crippen molar-refractivity contribution in [2.24, 2.45) is 0 Å². The van der Waals surface area contributed by atoms with Crippen molar-refractivity contribution < 1.29 is 5.11 Å². The molecule has 0 bridgehead atoms. The molecule has 0 fully saturated rings. The first kappa shape index (κ1) is 38.5. The molecule has 6 rings (SSSR count). The molecule has 4 aromatic carbocycles. The Balaban J connectivity index is 1.71. The van der Waals surface area contributed by atoms with Crippen LogP contribution in [-0.2, 0) is 21.7 Å². The molecular formula is C50H57N3O. The minimum absolute atomic E-state index is 0.0881. The molecule has 0 amide bonds. The van der Waals surface area contributed by atoms with Gasteiger partial charge in [-0.05, 0) is 97.5 Å². The average molecular weight is 716 g/mol. The van der Waals surface area contributed by atoms with E-state index >= 15 is 0 Å². The van der Waals surface area contributed by atoms with Gasteiger partial charge in [0.05, 0.1) is 22.3 Å². The monoisotopic (exact) mass is 715 g/mol. The van der Waals surface area contributed by atoms with E-state index in [0.29, 0.717) is 5.82 Å². The molecule has 2 heterocycles. The van der Waals surface area contributed by atoms with Crippen LogP contribution in [0.5, 0.6) is 5.75 Å². The van der Waals surface area contributed by atoms with E-state index in [1.807, 2.05) is 12.3 Å². The van der Waals surface area contributed by atoms with E-state index in [1.165, 1.54) is 11.1 Å². The fraction of sp³-hybridized carbons (Fsp3) is 0.320. The lowest BCUT2D eigenvalue weighted by atomic mass is 9.78. The van der Waals surface area contributed by atoms with Crippen molar-refractivity contribution in [2.45, 2.75) is 105 Å². The molecule has 54 heavy (non-hydrogen) atoms. The molecule has 4 nitrogen and oxygen atoms in total. The van der Waals surface area contributed by atoms with Gasteiger partial charge in [-0.15, -0.1) is 0 Å². The zero-order valence-corrected chi connectivity index (χ0v) is 34.4. The van der Waals surface area contributed by atoms with Crippen LogP contribution in [0.4, 0.5) is 0 Å². The maximum absolute atomic E-state index is 12.3. The molecule has 0 saturated carbocycles. The van der Waals surface area contributed by atoms with Gasteiger partial charge in [0.15, 0.2) is 0 Å². The van der Waals surface area contributed by atoms with Crippen molar-refractivity contribution in [3.05, 3.63) is 138 Å². The average Bonchev–Trinajstić information content (AvgIpc) is 3.49. The summed E-state index contributed by atoms with van der Waals surface area (Å²) < 4.78 is 2.27. The van der Waals surface area contributed by atoms with Crippen LogP contribution < -0.4 is 0 Å². The number of aromatic hydroxyl groups is 1. The predicted molar refractivity (Wildman–Crippen MR) is 231 cm³/mol. The SMILES string of the molecule is C=CC(=C)c1ccnc(-c2cccc(-c3cccc4c3nc(-c3cc(C(C)(C)C)cc(C(C)(C)C)c3O)n4-c3cc(C(C)(C)C)cc(C(C)(C)C)c3)c2)c1. The summed E-state index contributed by atoms with van der Waals surface area (Å²) in [6.45, 7) is 34.8. The number of allylic oxidation sites excluding steroid dienone is 2. The lowest BCUT2D eigenvalue weighted by molar-refractivity contribution is 0.446. The largest absolute Gasteiger partial charge is 0.507 e. The summed E-state index contributed by atoms with van der Waals surface area (Å²) in [6, 6.07) is 30.2. The highest BCUT2D eigenvalue weighted by molar-refractivity contribution is 5.96. The second kappa shape index (κ2) is 13.6. The van der Waals surface area contributed by atoms with E-state index in [4.69, 9.17) is 9.97 Å². The summed E-state index contributed by atoms with van der Waals surface area (Å²) in [5.74, 6) is 0.983. The van der Waals surface area contributed by atoms with Crippen LogP contribution in [0.2, 0.25) is 0 Å². The Morgan fingerprint density at radius 1 is 0.648 bits per heavy atom. The van der Waals surface area contributed by atoms with Crippen molar-refractivity contribution in [2.75, 3.05) is 0 Å². The van der Waals surface area contributed by atoms with Gasteiger partial charge in [0, 0.05) is 28.6 Å². The third-order valence-corrected chi connectivity index (χ3v) is 10.5. The molecule has 2 aromatic heterocycles. The Morgan fingerprint density at radius 3 is 1.83 bits per heavy atom. The number of nitrogens with zero attached hydrogens (tertiary/aromatic N) is 3. The quantitative estimate of drug-likeness (QED) is 0.175. The summed E-state index contributed by atoms with van der Waals surface area (Å²) in [4.78, 5) is 10.3. The number of phenolic OH excluding ortho intramolecular Hbond substituents is 1.